The first-order valence-electron chi connectivity index (χ1n) is 9.93. The number of benzene rings is 2. The summed E-state index contributed by atoms with van der Waals surface area (Å²) in [5, 5.41) is 3.29. The lowest BCUT2D eigenvalue weighted by molar-refractivity contribution is -0.146. The monoisotopic (exact) mass is 464 g/mol. The van der Waals surface area contributed by atoms with Crippen molar-refractivity contribution in [1.82, 2.24) is 4.72 Å². The maximum Gasteiger partial charge on any atom is 0.316 e. The highest BCUT2D eigenvalue weighted by atomic mass is 35.5. The van der Waals surface area contributed by atoms with Gasteiger partial charge in [-0.2, -0.15) is 0 Å². The highest BCUT2D eigenvalue weighted by molar-refractivity contribution is 7.88. The molecule has 2 aromatic rings. The zero-order valence-corrected chi connectivity index (χ0v) is 18.9. The normalized spacial score (nSPS) is 15.7. The van der Waals surface area contributed by atoms with Gasteiger partial charge in [-0.1, -0.05) is 35.9 Å². The number of nitrogens with one attached hydrogen (secondary N) is 2. The number of sulfonamides is 1. The highest BCUT2D eigenvalue weighted by Crippen LogP contribution is 2.49. The minimum absolute atomic E-state index is 0.0940. The average Bonchev–Trinajstić information content (AvgIpc) is 3.50. The van der Waals surface area contributed by atoms with Crippen LogP contribution in [-0.2, 0) is 29.8 Å². The number of hydrogen-bond acceptors (Lipinski definition) is 5. The van der Waals surface area contributed by atoms with Crippen LogP contribution in [0.4, 0.5) is 5.69 Å². The summed E-state index contributed by atoms with van der Waals surface area (Å²) in [4.78, 5) is 24.8. The van der Waals surface area contributed by atoms with E-state index in [2.05, 4.69) is 10.0 Å². The van der Waals surface area contributed by atoms with E-state index < -0.39 is 21.5 Å². The topological polar surface area (TPSA) is 102 Å². The Bertz CT molecular complexity index is 1050. The second kappa shape index (κ2) is 9.38. The van der Waals surface area contributed by atoms with Crippen LogP contribution in [0.3, 0.4) is 0 Å². The second-order valence-corrected chi connectivity index (χ2v) is 9.84. The first-order chi connectivity index (χ1) is 14.6. The van der Waals surface area contributed by atoms with E-state index in [9.17, 15) is 18.0 Å². The molecular formula is C22H25ClN2O5S. The van der Waals surface area contributed by atoms with Crippen molar-refractivity contribution >= 4 is 39.2 Å². The van der Waals surface area contributed by atoms with Crippen LogP contribution in [-0.4, -0.2) is 33.2 Å². The highest BCUT2D eigenvalue weighted by Gasteiger charge is 2.52. The van der Waals surface area contributed by atoms with E-state index in [-0.39, 0.29) is 18.3 Å². The zero-order valence-electron chi connectivity index (χ0n) is 17.4. The molecule has 1 aliphatic carbocycles. The number of rotatable bonds is 9. The minimum Gasteiger partial charge on any atom is -0.465 e. The first kappa shape index (κ1) is 23.2. The SMILES string of the molecule is CCOC(=O)C1(c2ccc(NC(=O)C[C@@H](NS(C)(=O)=O)c3ccc(Cl)cc3)cc2)CC1. The van der Waals surface area contributed by atoms with E-state index in [4.69, 9.17) is 16.3 Å². The summed E-state index contributed by atoms with van der Waals surface area (Å²) in [6.07, 6.45) is 2.45. The van der Waals surface area contributed by atoms with Crippen LogP contribution in [0.25, 0.3) is 0 Å². The van der Waals surface area contributed by atoms with Crippen molar-refractivity contribution in [3.63, 3.8) is 0 Å². The Morgan fingerprint density at radius 3 is 2.23 bits per heavy atom. The fourth-order valence-corrected chi connectivity index (χ4v) is 4.32. The van der Waals surface area contributed by atoms with Crippen LogP contribution in [0, 0.1) is 0 Å². The number of hydrogen-bond donors (Lipinski definition) is 2. The van der Waals surface area contributed by atoms with E-state index in [0.29, 0.717) is 22.9 Å². The third-order valence-corrected chi connectivity index (χ3v) is 6.12. The molecule has 0 bridgehead atoms. The van der Waals surface area contributed by atoms with Crippen molar-refractivity contribution in [1.29, 1.82) is 0 Å². The molecule has 0 unspecified atom stereocenters. The number of carbonyl (C=O) groups is 2. The van der Waals surface area contributed by atoms with Crippen molar-refractivity contribution in [3.8, 4) is 0 Å². The molecule has 1 amide bonds. The molecule has 0 aliphatic heterocycles. The summed E-state index contributed by atoms with van der Waals surface area (Å²) in [5.41, 5.74) is 1.48. The lowest BCUT2D eigenvalue weighted by atomic mass is 9.96. The molecule has 0 radical (unpaired) electrons. The van der Waals surface area contributed by atoms with Gasteiger partial charge in [0.25, 0.3) is 0 Å². The Kier molecular flexibility index (Phi) is 7.03. The van der Waals surface area contributed by atoms with Crippen molar-refractivity contribution < 1.29 is 22.7 Å². The van der Waals surface area contributed by atoms with Gasteiger partial charge in [0.2, 0.25) is 15.9 Å². The summed E-state index contributed by atoms with van der Waals surface area (Å²) >= 11 is 5.90. The molecule has 0 saturated heterocycles. The van der Waals surface area contributed by atoms with Gasteiger partial charge in [0.1, 0.15) is 0 Å². The molecule has 0 aromatic heterocycles. The summed E-state index contributed by atoms with van der Waals surface area (Å²) < 4.78 is 31.2. The lowest BCUT2D eigenvalue weighted by Gasteiger charge is -2.18. The Morgan fingerprint density at radius 1 is 1.10 bits per heavy atom. The molecule has 3 rings (SSSR count). The summed E-state index contributed by atoms with van der Waals surface area (Å²) in [6, 6.07) is 13.0. The van der Waals surface area contributed by atoms with E-state index in [1.165, 1.54) is 0 Å². The van der Waals surface area contributed by atoms with Crippen molar-refractivity contribution in [2.45, 2.75) is 37.6 Å². The maximum absolute atomic E-state index is 12.6. The second-order valence-electron chi connectivity index (χ2n) is 7.63. The molecule has 2 N–H and O–H groups in total. The molecule has 31 heavy (non-hydrogen) atoms. The summed E-state index contributed by atoms with van der Waals surface area (Å²) in [6.45, 7) is 2.12. The Labute approximate surface area is 187 Å². The van der Waals surface area contributed by atoms with Gasteiger partial charge in [-0.25, -0.2) is 13.1 Å². The van der Waals surface area contributed by atoms with E-state index in [1.807, 2.05) is 12.1 Å². The lowest BCUT2D eigenvalue weighted by Crippen LogP contribution is -2.30. The number of anilines is 1. The van der Waals surface area contributed by atoms with Crippen molar-refractivity contribution in [2.24, 2.45) is 0 Å². The first-order valence-corrected chi connectivity index (χ1v) is 12.2. The Hall–Kier alpha value is -2.42. The number of carbonyl (C=O) groups excluding carboxylic acids is 2. The van der Waals surface area contributed by atoms with Gasteiger partial charge < -0.3 is 10.1 Å². The molecule has 2 aromatic carbocycles. The third-order valence-electron chi connectivity index (χ3n) is 5.16. The average molecular weight is 465 g/mol. The molecular weight excluding hydrogens is 440 g/mol. The predicted octanol–water partition coefficient (Wildman–Crippen LogP) is 3.55. The van der Waals surface area contributed by atoms with Crippen LogP contribution in [0.5, 0.6) is 0 Å². The fraction of sp³-hybridized carbons (Fsp3) is 0.364. The molecule has 1 fully saturated rings. The fourth-order valence-electron chi connectivity index (χ4n) is 3.46. The smallest absolute Gasteiger partial charge is 0.316 e. The molecule has 9 heteroatoms. The Morgan fingerprint density at radius 2 is 1.71 bits per heavy atom. The quantitative estimate of drug-likeness (QED) is 0.552. The number of halogens is 1. The van der Waals surface area contributed by atoms with Crippen LogP contribution in [0.15, 0.2) is 48.5 Å². The van der Waals surface area contributed by atoms with Gasteiger partial charge in [0.05, 0.1) is 24.3 Å². The van der Waals surface area contributed by atoms with Gasteiger partial charge >= 0.3 is 5.97 Å². The van der Waals surface area contributed by atoms with E-state index in [1.54, 1.807) is 43.3 Å². The largest absolute Gasteiger partial charge is 0.465 e. The van der Waals surface area contributed by atoms with Gasteiger partial charge in [-0.15, -0.1) is 0 Å². The molecule has 0 spiro atoms. The molecule has 7 nitrogen and oxygen atoms in total. The van der Waals surface area contributed by atoms with Crippen molar-refractivity contribution in [3.05, 3.63) is 64.7 Å². The van der Waals surface area contributed by atoms with Crippen molar-refractivity contribution in [2.75, 3.05) is 18.2 Å². The van der Waals surface area contributed by atoms with Crippen LogP contribution in [0.1, 0.15) is 43.4 Å². The van der Waals surface area contributed by atoms with Gasteiger partial charge in [-0.05, 0) is 55.2 Å². The molecule has 1 aliphatic rings. The van der Waals surface area contributed by atoms with E-state index in [0.717, 1.165) is 24.7 Å². The number of esters is 1. The molecule has 0 heterocycles. The van der Waals surface area contributed by atoms with Gasteiger partial charge in [0, 0.05) is 17.1 Å². The molecule has 1 saturated carbocycles. The number of ether oxygens (including phenoxy) is 1. The van der Waals surface area contributed by atoms with Gasteiger partial charge in [0.15, 0.2) is 0 Å². The standard InChI is InChI=1S/C22H25ClN2O5S/c1-3-30-21(27)22(12-13-22)16-6-10-18(11-7-16)24-20(26)14-19(25-31(2,28)29)15-4-8-17(23)9-5-15/h4-11,19,25H,3,12-14H2,1-2H3,(H,24,26)/t19-/m1/s1. The summed E-state index contributed by atoms with van der Waals surface area (Å²) in [7, 11) is -3.53. The van der Waals surface area contributed by atoms with Gasteiger partial charge in [-0.3, -0.25) is 9.59 Å². The van der Waals surface area contributed by atoms with Crippen LogP contribution >= 0.6 is 11.6 Å². The maximum atomic E-state index is 12.6. The molecule has 1 atom stereocenters. The zero-order chi connectivity index (χ0) is 22.6. The van der Waals surface area contributed by atoms with Crippen LogP contribution in [0.2, 0.25) is 5.02 Å². The van der Waals surface area contributed by atoms with E-state index >= 15 is 0 Å². The molecule has 166 valence electrons. The third kappa shape index (κ3) is 6.06. The predicted molar refractivity (Wildman–Crippen MR) is 119 cm³/mol. The van der Waals surface area contributed by atoms with Crippen LogP contribution < -0.4 is 10.0 Å². The number of amides is 1. The minimum atomic E-state index is -3.53. The summed E-state index contributed by atoms with van der Waals surface area (Å²) in [5.74, 6) is -0.570. The Balaban J connectivity index is 1.68.